The lowest BCUT2D eigenvalue weighted by Gasteiger charge is -2.16. The molecule has 2 heterocycles. The van der Waals surface area contributed by atoms with Crippen LogP contribution in [0.2, 0.25) is 0 Å². The van der Waals surface area contributed by atoms with Gasteiger partial charge in [0.25, 0.3) is 5.09 Å². The maximum absolute atomic E-state index is 11.3. The molecule has 18 heavy (non-hydrogen) atoms. The van der Waals surface area contributed by atoms with Gasteiger partial charge in [-0.2, -0.15) is 0 Å². The molecule has 0 bridgehead atoms. The second-order valence-electron chi connectivity index (χ2n) is 3.94. The zero-order valence-corrected chi connectivity index (χ0v) is 9.74. The number of hydrogen-bond donors (Lipinski definition) is 1. The Bertz CT molecular complexity index is 337. The predicted octanol–water partition coefficient (Wildman–Crippen LogP) is -0.524. The van der Waals surface area contributed by atoms with Gasteiger partial charge in [-0.15, -0.1) is 10.1 Å². The van der Waals surface area contributed by atoms with Crippen molar-refractivity contribution in [3.63, 3.8) is 0 Å². The lowest BCUT2D eigenvalue weighted by Crippen LogP contribution is -2.38. The first-order chi connectivity index (χ1) is 8.61. The van der Waals surface area contributed by atoms with Gasteiger partial charge in [0, 0.05) is 6.54 Å². The highest BCUT2D eigenvalue weighted by Crippen LogP contribution is 2.30. The van der Waals surface area contributed by atoms with Gasteiger partial charge in [0.2, 0.25) is 0 Å². The van der Waals surface area contributed by atoms with Crippen molar-refractivity contribution < 1.29 is 28.9 Å². The summed E-state index contributed by atoms with van der Waals surface area (Å²) in [5.74, 6) is 0. The van der Waals surface area contributed by atoms with Crippen molar-refractivity contribution in [2.75, 3.05) is 19.8 Å². The zero-order valence-electron chi connectivity index (χ0n) is 9.74. The van der Waals surface area contributed by atoms with Gasteiger partial charge in [-0.3, -0.25) is 0 Å². The second kappa shape index (κ2) is 5.36. The molecule has 9 heteroatoms. The van der Waals surface area contributed by atoms with Gasteiger partial charge < -0.3 is 24.4 Å². The van der Waals surface area contributed by atoms with Gasteiger partial charge in [0.15, 0.2) is 12.2 Å². The number of nitrogens with zero attached hydrogens (tertiary/aromatic N) is 1. The Hall–Kier alpha value is -1.61. The van der Waals surface area contributed by atoms with E-state index in [2.05, 4.69) is 10.2 Å². The van der Waals surface area contributed by atoms with Crippen LogP contribution in [-0.4, -0.2) is 55.4 Å². The monoisotopic (exact) mass is 262 g/mol. The Morgan fingerprint density at radius 2 is 2.00 bits per heavy atom. The molecule has 0 aromatic heterocycles. The van der Waals surface area contributed by atoms with E-state index in [0.717, 1.165) is 0 Å². The summed E-state index contributed by atoms with van der Waals surface area (Å²) in [7, 11) is 0. The highest BCUT2D eigenvalue weighted by Gasteiger charge is 2.51. The standard InChI is InChI=1S/C9H14N2O7/c1-2-10-9(12)17-5-3-15-8-6(18-11(13)14)4-16-7(5)8/h5-8H,2-4H2,1H3,(H,10,12). The molecule has 102 valence electrons. The van der Waals surface area contributed by atoms with Crippen molar-refractivity contribution in [2.24, 2.45) is 0 Å². The molecule has 2 rings (SSSR count). The molecule has 4 atom stereocenters. The molecule has 2 aliphatic heterocycles. The number of nitrogens with one attached hydrogen (secondary N) is 1. The minimum absolute atomic E-state index is 0.0472. The number of hydrogen-bond acceptors (Lipinski definition) is 7. The molecule has 1 amide bonds. The largest absolute Gasteiger partial charge is 0.441 e. The van der Waals surface area contributed by atoms with Gasteiger partial charge in [-0.25, -0.2) is 4.79 Å². The Morgan fingerprint density at radius 3 is 2.61 bits per heavy atom. The third kappa shape index (κ3) is 2.62. The lowest BCUT2D eigenvalue weighted by atomic mass is 10.1. The van der Waals surface area contributed by atoms with Gasteiger partial charge in [0.05, 0.1) is 13.2 Å². The summed E-state index contributed by atoms with van der Waals surface area (Å²) < 4.78 is 15.7. The van der Waals surface area contributed by atoms with Crippen LogP contribution in [0.15, 0.2) is 0 Å². The van der Waals surface area contributed by atoms with E-state index < -0.39 is 35.6 Å². The number of rotatable bonds is 4. The minimum Gasteiger partial charge on any atom is -0.441 e. The molecule has 0 radical (unpaired) electrons. The van der Waals surface area contributed by atoms with Gasteiger partial charge in [-0.1, -0.05) is 0 Å². The molecule has 0 aromatic carbocycles. The van der Waals surface area contributed by atoms with E-state index in [4.69, 9.17) is 14.2 Å². The number of alkyl carbamates (subject to hydrolysis) is 1. The average Bonchev–Trinajstić information content (AvgIpc) is 2.83. The fourth-order valence-electron chi connectivity index (χ4n) is 2.05. The molecule has 0 saturated carbocycles. The molecule has 2 aliphatic rings. The lowest BCUT2D eigenvalue weighted by molar-refractivity contribution is -0.769. The van der Waals surface area contributed by atoms with Crippen LogP contribution < -0.4 is 5.32 Å². The molecule has 9 nitrogen and oxygen atoms in total. The van der Waals surface area contributed by atoms with Crippen LogP contribution in [0.5, 0.6) is 0 Å². The summed E-state index contributed by atoms with van der Waals surface area (Å²) in [6.45, 7) is 2.41. The Balaban J connectivity index is 1.88. The first kappa shape index (κ1) is 12.8. The van der Waals surface area contributed by atoms with Crippen LogP contribution in [0.4, 0.5) is 4.79 Å². The van der Waals surface area contributed by atoms with Gasteiger partial charge in [0.1, 0.15) is 12.2 Å². The summed E-state index contributed by atoms with van der Waals surface area (Å²) in [5, 5.41) is 11.9. The third-order valence-electron chi connectivity index (χ3n) is 2.76. The summed E-state index contributed by atoms with van der Waals surface area (Å²) in [5.41, 5.74) is 0. The SMILES string of the molecule is CCNC(=O)OC1COC2C(O[N+](=O)[O-])COC12. The normalized spacial score (nSPS) is 33.8. The minimum atomic E-state index is -0.877. The molecule has 0 aromatic rings. The van der Waals surface area contributed by atoms with E-state index in [1.165, 1.54) is 0 Å². The van der Waals surface area contributed by atoms with Gasteiger partial charge in [-0.05, 0) is 6.92 Å². The molecule has 1 N–H and O–H groups in total. The quantitative estimate of drug-likeness (QED) is 0.536. The second-order valence-corrected chi connectivity index (χ2v) is 3.94. The van der Waals surface area contributed by atoms with E-state index in [9.17, 15) is 14.9 Å². The topological polar surface area (TPSA) is 109 Å². The highest BCUT2D eigenvalue weighted by molar-refractivity contribution is 5.67. The summed E-state index contributed by atoms with van der Waals surface area (Å²) in [4.78, 5) is 26.0. The van der Waals surface area contributed by atoms with E-state index in [1.807, 2.05) is 0 Å². The molecule has 4 unspecified atom stereocenters. The van der Waals surface area contributed by atoms with Crippen molar-refractivity contribution in [3.05, 3.63) is 10.1 Å². The number of amides is 1. The molecular formula is C9H14N2O7. The molecular weight excluding hydrogens is 248 g/mol. The first-order valence-corrected chi connectivity index (χ1v) is 5.60. The van der Waals surface area contributed by atoms with Crippen LogP contribution in [0, 0.1) is 10.1 Å². The predicted molar refractivity (Wildman–Crippen MR) is 55.3 cm³/mol. The fraction of sp³-hybridized carbons (Fsp3) is 0.889. The number of fused-ring (bicyclic) bond motifs is 1. The Kier molecular flexibility index (Phi) is 3.82. The smallest absolute Gasteiger partial charge is 0.407 e. The Morgan fingerprint density at radius 1 is 1.39 bits per heavy atom. The van der Waals surface area contributed by atoms with Crippen molar-refractivity contribution in [2.45, 2.75) is 31.3 Å². The van der Waals surface area contributed by atoms with Crippen LogP contribution in [0.25, 0.3) is 0 Å². The Labute approximate surface area is 102 Å². The number of ether oxygens (including phenoxy) is 3. The van der Waals surface area contributed by atoms with Crippen LogP contribution >= 0.6 is 0 Å². The molecule has 0 spiro atoms. The number of carbonyl (C=O) groups is 1. The highest BCUT2D eigenvalue weighted by atomic mass is 17.0. The van der Waals surface area contributed by atoms with Gasteiger partial charge >= 0.3 is 6.09 Å². The molecule has 0 aliphatic carbocycles. The van der Waals surface area contributed by atoms with E-state index >= 15 is 0 Å². The van der Waals surface area contributed by atoms with Crippen molar-refractivity contribution in [3.8, 4) is 0 Å². The van der Waals surface area contributed by atoms with Crippen molar-refractivity contribution >= 4 is 6.09 Å². The summed E-state index contributed by atoms with van der Waals surface area (Å²) >= 11 is 0. The van der Waals surface area contributed by atoms with Crippen LogP contribution in [0.1, 0.15) is 6.92 Å². The molecule has 2 fully saturated rings. The van der Waals surface area contributed by atoms with Crippen LogP contribution in [0.3, 0.4) is 0 Å². The maximum atomic E-state index is 11.3. The van der Waals surface area contributed by atoms with Crippen molar-refractivity contribution in [1.29, 1.82) is 0 Å². The zero-order chi connectivity index (χ0) is 13.1. The fourth-order valence-corrected chi connectivity index (χ4v) is 2.05. The third-order valence-corrected chi connectivity index (χ3v) is 2.76. The van der Waals surface area contributed by atoms with E-state index in [0.29, 0.717) is 6.54 Å². The van der Waals surface area contributed by atoms with E-state index in [-0.39, 0.29) is 13.2 Å². The van der Waals surface area contributed by atoms with Crippen molar-refractivity contribution in [1.82, 2.24) is 5.32 Å². The van der Waals surface area contributed by atoms with Crippen LogP contribution in [-0.2, 0) is 19.0 Å². The summed E-state index contributed by atoms with van der Waals surface area (Å²) in [6, 6.07) is 0. The molecule has 2 saturated heterocycles. The summed E-state index contributed by atoms with van der Waals surface area (Å²) in [6.07, 6.45) is -2.99. The first-order valence-electron chi connectivity index (χ1n) is 5.60. The van der Waals surface area contributed by atoms with E-state index in [1.54, 1.807) is 6.92 Å². The average molecular weight is 262 g/mol. The number of carbonyl (C=O) groups excluding carboxylic acids is 1. The maximum Gasteiger partial charge on any atom is 0.407 e.